The van der Waals surface area contributed by atoms with Crippen molar-refractivity contribution >= 4 is 15.9 Å². The molecule has 152 valence electrons. The molecule has 3 heteroatoms. The van der Waals surface area contributed by atoms with E-state index < -0.39 is 0 Å². The van der Waals surface area contributed by atoms with Gasteiger partial charge in [-0.2, -0.15) is 0 Å². The van der Waals surface area contributed by atoms with E-state index in [4.69, 9.17) is 9.47 Å². The average molecular weight is 453 g/mol. The highest BCUT2D eigenvalue weighted by molar-refractivity contribution is 9.10. The Labute approximate surface area is 183 Å². The van der Waals surface area contributed by atoms with E-state index in [1.807, 2.05) is 24.3 Å². The topological polar surface area (TPSA) is 18.5 Å². The molecule has 0 unspecified atom stereocenters. The summed E-state index contributed by atoms with van der Waals surface area (Å²) in [6.45, 7) is 10.1. The number of rotatable bonds is 8. The van der Waals surface area contributed by atoms with E-state index in [2.05, 4.69) is 86.1 Å². The van der Waals surface area contributed by atoms with E-state index in [1.54, 1.807) is 0 Å². The first-order valence-electron chi connectivity index (χ1n) is 10.2. The lowest BCUT2D eigenvalue weighted by molar-refractivity contribution is 0.271. The Balaban J connectivity index is 1.79. The predicted octanol–water partition coefficient (Wildman–Crippen LogP) is 7.85. The fourth-order valence-corrected chi connectivity index (χ4v) is 3.43. The summed E-state index contributed by atoms with van der Waals surface area (Å²) in [4.78, 5) is 0. The molecule has 0 aliphatic carbocycles. The molecule has 0 saturated heterocycles. The molecule has 3 rings (SSSR count). The SMILES string of the molecule is CC(C)COc1ccc(-c2cc(Br)cc(-c3ccc(OCC(C)C)cc3)c2)cc1. The zero-order chi connectivity index (χ0) is 20.8. The molecule has 0 aliphatic rings. The first-order chi connectivity index (χ1) is 13.9. The fraction of sp³-hybridized carbons (Fsp3) is 0.308. The minimum atomic E-state index is 0.518. The lowest BCUT2D eigenvalue weighted by Crippen LogP contribution is -2.04. The highest BCUT2D eigenvalue weighted by Crippen LogP contribution is 2.32. The highest BCUT2D eigenvalue weighted by Gasteiger charge is 2.06. The second-order valence-corrected chi connectivity index (χ2v) is 9.10. The van der Waals surface area contributed by atoms with Crippen LogP contribution in [-0.2, 0) is 0 Å². The number of ether oxygens (including phenoxy) is 2. The highest BCUT2D eigenvalue weighted by atomic mass is 79.9. The van der Waals surface area contributed by atoms with Crippen LogP contribution >= 0.6 is 15.9 Å². The molecule has 0 radical (unpaired) electrons. The third kappa shape index (κ3) is 6.37. The van der Waals surface area contributed by atoms with E-state index in [1.165, 1.54) is 22.3 Å². The molecule has 0 amide bonds. The number of halogens is 1. The predicted molar refractivity (Wildman–Crippen MR) is 126 cm³/mol. The van der Waals surface area contributed by atoms with Crippen LogP contribution in [0.4, 0.5) is 0 Å². The van der Waals surface area contributed by atoms with Crippen molar-refractivity contribution in [3.05, 3.63) is 71.2 Å². The van der Waals surface area contributed by atoms with Gasteiger partial charge < -0.3 is 9.47 Å². The van der Waals surface area contributed by atoms with Crippen molar-refractivity contribution in [2.45, 2.75) is 27.7 Å². The maximum Gasteiger partial charge on any atom is 0.119 e. The zero-order valence-corrected chi connectivity index (χ0v) is 19.2. The van der Waals surface area contributed by atoms with Crippen molar-refractivity contribution in [2.75, 3.05) is 13.2 Å². The lowest BCUT2D eigenvalue weighted by atomic mass is 9.99. The summed E-state index contributed by atoms with van der Waals surface area (Å²) >= 11 is 3.67. The van der Waals surface area contributed by atoms with Crippen LogP contribution in [0.1, 0.15) is 27.7 Å². The first-order valence-corrected chi connectivity index (χ1v) is 11.0. The van der Waals surface area contributed by atoms with Crippen molar-refractivity contribution in [1.29, 1.82) is 0 Å². The van der Waals surface area contributed by atoms with E-state index >= 15 is 0 Å². The second kappa shape index (κ2) is 9.98. The van der Waals surface area contributed by atoms with Gasteiger partial charge in [-0.25, -0.2) is 0 Å². The molecule has 0 N–H and O–H groups in total. The summed E-state index contributed by atoms with van der Waals surface area (Å²) in [5.74, 6) is 2.86. The lowest BCUT2D eigenvalue weighted by Gasteiger charge is -2.12. The van der Waals surface area contributed by atoms with Gasteiger partial charge in [-0.1, -0.05) is 67.9 Å². The average Bonchev–Trinajstić information content (AvgIpc) is 2.71. The van der Waals surface area contributed by atoms with Gasteiger partial charge in [0.25, 0.3) is 0 Å². The van der Waals surface area contributed by atoms with E-state index in [0.717, 1.165) is 29.2 Å². The molecular weight excluding hydrogens is 424 g/mol. The monoisotopic (exact) mass is 452 g/mol. The molecule has 0 atom stereocenters. The van der Waals surface area contributed by atoms with Crippen LogP contribution in [-0.4, -0.2) is 13.2 Å². The summed E-state index contributed by atoms with van der Waals surface area (Å²) in [5, 5.41) is 0. The minimum absolute atomic E-state index is 0.518. The van der Waals surface area contributed by atoms with Gasteiger partial charge >= 0.3 is 0 Å². The van der Waals surface area contributed by atoms with Crippen molar-refractivity contribution in [3.8, 4) is 33.8 Å². The largest absolute Gasteiger partial charge is 0.493 e. The summed E-state index contributed by atoms with van der Waals surface area (Å²) < 4.78 is 12.7. The molecule has 0 fully saturated rings. The van der Waals surface area contributed by atoms with Gasteiger partial charge in [0.2, 0.25) is 0 Å². The van der Waals surface area contributed by atoms with E-state index in [-0.39, 0.29) is 0 Å². The molecule has 3 aromatic rings. The van der Waals surface area contributed by atoms with Crippen LogP contribution in [0.25, 0.3) is 22.3 Å². The van der Waals surface area contributed by atoms with Gasteiger partial charge in [-0.05, 0) is 76.6 Å². The van der Waals surface area contributed by atoms with Gasteiger partial charge in [0, 0.05) is 4.47 Å². The van der Waals surface area contributed by atoms with Gasteiger partial charge in [0.1, 0.15) is 11.5 Å². The molecule has 3 aromatic carbocycles. The van der Waals surface area contributed by atoms with Crippen LogP contribution in [0.2, 0.25) is 0 Å². The third-order valence-corrected chi connectivity index (χ3v) is 4.90. The second-order valence-electron chi connectivity index (χ2n) is 8.19. The normalized spacial score (nSPS) is 11.1. The summed E-state index contributed by atoms with van der Waals surface area (Å²) in [6.07, 6.45) is 0. The maximum absolute atomic E-state index is 5.80. The molecule has 0 aromatic heterocycles. The molecule has 29 heavy (non-hydrogen) atoms. The smallest absolute Gasteiger partial charge is 0.119 e. The Hall–Kier alpha value is -2.26. The van der Waals surface area contributed by atoms with Crippen LogP contribution in [0.15, 0.2) is 71.2 Å². The Kier molecular flexibility index (Phi) is 7.38. The van der Waals surface area contributed by atoms with E-state index in [0.29, 0.717) is 11.8 Å². The van der Waals surface area contributed by atoms with Crippen molar-refractivity contribution < 1.29 is 9.47 Å². The molecule has 0 heterocycles. The van der Waals surface area contributed by atoms with Crippen LogP contribution in [0, 0.1) is 11.8 Å². The minimum Gasteiger partial charge on any atom is -0.493 e. The Bertz CT molecular complexity index is 839. The third-order valence-electron chi connectivity index (χ3n) is 4.44. The van der Waals surface area contributed by atoms with Gasteiger partial charge in [0.15, 0.2) is 0 Å². The number of hydrogen-bond donors (Lipinski definition) is 0. The van der Waals surface area contributed by atoms with Gasteiger partial charge in [0.05, 0.1) is 13.2 Å². The molecular formula is C26H29BrO2. The van der Waals surface area contributed by atoms with Crippen LogP contribution in [0.5, 0.6) is 11.5 Å². The standard InChI is InChI=1S/C26H29BrO2/c1-18(2)16-28-25-9-5-20(6-10-25)22-13-23(15-24(27)14-22)21-7-11-26(12-8-21)29-17-19(3)4/h5-15,18-19H,16-17H2,1-4H3. The fourth-order valence-electron chi connectivity index (χ4n) is 2.94. The quantitative estimate of drug-likeness (QED) is 0.346. The number of benzene rings is 3. The van der Waals surface area contributed by atoms with Crippen molar-refractivity contribution in [1.82, 2.24) is 0 Å². The van der Waals surface area contributed by atoms with Crippen molar-refractivity contribution in [3.63, 3.8) is 0 Å². The molecule has 0 spiro atoms. The maximum atomic E-state index is 5.80. The Morgan fingerprint density at radius 2 is 0.966 bits per heavy atom. The van der Waals surface area contributed by atoms with Crippen LogP contribution in [0.3, 0.4) is 0 Å². The van der Waals surface area contributed by atoms with E-state index in [9.17, 15) is 0 Å². The van der Waals surface area contributed by atoms with Gasteiger partial charge in [-0.15, -0.1) is 0 Å². The first kappa shape index (κ1) is 21.4. The Morgan fingerprint density at radius 3 is 1.31 bits per heavy atom. The summed E-state index contributed by atoms with van der Waals surface area (Å²) in [5.41, 5.74) is 4.68. The molecule has 0 bridgehead atoms. The zero-order valence-electron chi connectivity index (χ0n) is 17.6. The van der Waals surface area contributed by atoms with Crippen molar-refractivity contribution in [2.24, 2.45) is 11.8 Å². The van der Waals surface area contributed by atoms with Crippen LogP contribution < -0.4 is 9.47 Å². The summed E-state index contributed by atoms with van der Waals surface area (Å²) in [7, 11) is 0. The number of hydrogen-bond acceptors (Lipinski definition) is 2. The molecule has 2 nitrogen and oxygen atoms in total. The van der Waals surface area contributed by atoms with Gasteiger partial charge in [-0.3, -0.25) is 0 Å². The Morgan fingerprint density at radius 1 is 0.586 bits per heavy atom. The summed E-state index contributed by atoms with van der Waals surface area (Å²) in [6, 6.07) is 23.1. The molecule has 0 aliphatic heterocycles. The molecule has 0 saturated carbocycles.